The van der Waals surface area contributed by atoms with Gasteiger partial charge in [0, 0.05) is 12.6 Å². The molecule has 1 aliphatic heterocycles. The Morgan fingerprint density at radius 3 is 2.69 bits per heavy atom. The third kappa shape index (κ3) is 3.23. The first-order valence-electron chi connectivity index (χ1n) is 4.84. The molecule has 0 saturated carbocycles. The van der Waals surface area contributed by atoms with E-state index in [2.05, 4.69) is 0 Å². The number of hydroxylamine groups is 2. The van der Waals surface area contributed by atoms with Gasteiger partial charge in [0.1, 0.15) is 0 Å². The van der Waals surface area contributed by atoms with Gasteiger partial charge >= 0.3 is 0 Å². The van der Waals surface area contributed by atoms with E-state index in [1.165, 1.54) is 5.06 Å². The predicted molar refractivity (Wildman–Crippen MR) is 48.5 cm³/mol. The van der Waals surface area contributed by atoms with Gasteiger partial charge in [-0.15, -0.1) is 0 Å². The molecule has 4 heteroatoms. The van der Waals surface area contributed by atoms with Crippen molar-refractivity contribution in [3.63, 3.8) is 0 Å². The minimum atomic E-state index is -1.07. The summed E-state index contributed by atoms with van der Waals surface area (Å²) in [5.41, 5.74) is -1.07. The van der Waals surface area contributed by atoms with E-state index in [4.69, 9.17) is 5.11 Å². The fourth-order valence-corrected chi connectivity index (χ4v) is 1.76. The van der Waals surface area contributed by atoms with Crippen molar-refractivity contribution in [2.75, 3.05) is 13.2 Å². The Morgan fingerprint density at radius 2 is 2.15 bits per heavy atom. The average Bonchev–Trinajstić information content (AvgIpc) is 2.09. The molecule has 0 spiro atoms. The van der Waals surface area contributed by atoms with Crippen LogP contribution in [0.5, 0.6) is 0 Å². The van der Waals surface area contributed by atoms with Gasteiger partial charge in [0.15, 0.2) is 0 Å². The lowest BCUT2D eigenvalue weighted by molar-refractivity contribution is -0.160. The van der Waals surface area contributed by atoms with Gasteiger partial charge in [-0.25, -0.2) is 0 Å². The Balaban J connectivity index is 2.42. The molecule has 4 nitrogen and oxygen atoms in total. The molecule has 1 aliphatic rings. The van der Waals surface area contributed by atoms with Crippen LogP contribution in [0.4, 0.5) is 0 Å². The Morgan fingerprint density at radius 1 is 1.46 bits per heavy atom. The van der Waals surface area contributed by atoms with Crippen molar-refractivity contribution in [1.29, 1.82) is 0 Å². The zero-order chi connectivity index (χ0) is 9.90. The first kappa shape index (κ1) is 10.9. The summed E-state index contributed by atoms with van der Waals surface area (Å²) in [7, 11) is 0. The summed E-state index contributed by atoms with van der Waals surface area (Å²) in [5, 5.41) is 29.2. The zero-order valence-electron chi connectivity index (χ0n) is 8.11. The van der Waals surface area contributed by atoms with E-state index < -0.39 is 5.60 Å². The average molecular weight is 189 g/mol. The summed E-state index contributed by atoms with van der Waals surface area (Å²) < 4.78 is 0. The minimum absolute atomic E-state index is 0.00380. The first-order valence-corrected chi connectivity index (χ1v) is 4.84. The van der Waals surface area contributed by atoms with Crippen LogP contribution in [0.1, 0.15) is 32.6 Å². The molecular formula is C9H19NO3. The van der Waals surface area contributed by atoms with Crippen LogP contribution in [0.2, 0.25) is 0 Å². The van der Waals surface area contributed by atoms with E-state index in [1.807, 2.05) is 0 Å². The molecule has 3 N–H and O–H groups in total. The van der Waals surface area contributed by atoms with Crippen LogP contribution in [0, 0.1) is 0 Å². The number of rotatable bonds is 3. The molecule has 78 valence electrons. The molecular weight excluding hydrogens is 170 g/mol. The fraction of sp³-hybridized carbons (Fsp3) is 1.00. The highest BCUT2D eigenvalue weighted by Gasteiger charge is 2.29. The Bertz CT molecular complexity index is 161. The highest BCUT2D eigenvalue weighted by molar-refractivity contribution is 4.81. The maximum Gasteiger partial charge on any atom is 0.0865 e. The van der Waals surface area contributed by atoms with Crippen LogP contribution in [0.25, 0.3) is 0 Å². The van der Waals surface area contributed by atoms with Crippen LogP contribution in [-0.2, 0) is 0 Å². The van der Waals surface area contributed by atoms with Gasteiger partial charge < -0.3 is 15.4 Å². The van der Waals surface area contributed by atoms with Gasteiger partial charge in [-0.1, -0.05) is 6.42 Å². The largest absolute Gasteiger partial charge is 0.393 e. The van der Waals surface area contributed by atoms with Crippen molar-refractivity contribution in [3.8, 4) is 0 Å². The molecule has 0 bridgehead atoms. The van der Waals surface area contributed by atoms with E-state index in [1.54, 1.807) is 6.92 Å². The maximum atomic E-state index is 9.61. The molecule has 0 amide bonds. The smallest absolute Gasteiger partial charge is 0.0865 e. The Labute approximate surface area is 78.7 Å². The molecule has 2 unspecified atom stereocenters. The van der Waals surface area contributed by atoms with Crippen molar-refractivity contribution in [2.24, 2.45) is 0 Å². The molecule has 2 atom stereocenters. The van der Waals surface area contributed by atoms with Gasteiger partial charge in [0.2, 0.25) is 0 Å². The maximum absolute atomic E-state index is 9.61. The number of aliphatic hydroxyl groups excluding tert-OH is 1. The zero-order valence-corrected chi connectivity index (χ0v) is 8.11. The van der Waals surface area contributed by atoms with Crippen LogP contribution in [0.3, 0.4) is 0 Å². The molecule has 1 rings (SSSR count). The van der Waals surface area contributed by atoms with Crippen molar-refractivity contribution in [1.82, 2.24) is 5.06 Å². The van der Waals surface area contributed by atoms with E-state index in [0.29, 0.717) is 13.0 Å². The van der Waals surface area contributed by atoms with Gasteiger partial charge in [-0.05, 0) is 26.2 Å². The number of piperidine rings is 1. The minimum Gasteiger partial charge on any atom is -0.393 e. The fourth-order valence-electron chi connectivity index (χ4n) is 1.76. The summed E-state index contributed by atoms with van der Waals surface area (Å²) >= 11 is 0. The van der Waals surface area contributed by atoms with Gasteiger partial charge in [-0.2, -0.15) is 5.06 Å². The molecule has 0 aromatic carbocycles. The van der Waals surface area contributed by atoms with Crippen molar-refractivity contribution < 1.29 is 15.4 Å². The van der Waals surface area contributed by atoms with Crippen LogP contribution < -0.4 is 0 Å². The first-order chi connectivity index (χ1) is 6.05. The summed E-state index contributed by atoms with van der Waals surface area (Å²) in [4.78, 5) is 0. The number of aliphatic hydroxyl groups is 2. The molecule has 0 aromatic rings. The van der Waals surface area contributed by atoms with Crippen LogP contribution >= 0.6 is 0 Å². The quantitative estimate of drug-likeness (QED) is 0.600. The van der Waals surface area contributed by atoms with Crippen LogP contribution in [-0.4, -0.2) is 45.3 Å². The van der Waals surface area contributed by atoms with E-state index in [0.717, 1.165) is 19.3 Å². The lowest BCUT2D eigenvalue weighted by Gasteiger charge is -2.34. The third-order valence-corrected chi connectivity index (χ3v) is 2.61. The third-order valence-electron chi connectivity index (χ3n) is 2.61. The summed E-state index contributed by atoms with van der Waals surface area (Å²) in [6.45, 7) is 2.01. The molecule has 0 aromatic heterocycles. The molecule has 1 heterocycles. The van der Waals surface area contributed by atoms with Crippen molar-refractivity contribution in [3.05, 3.63) is 0 Å². The lowest BCUT2D eigenvalue weighted by atomic mass is 9.92. The molecule has 0 aliphatic carbocycles. The topological polar surface area (TPSA) is 63.9 Å². The summed E-state index contributed by atoms with van der Waals surface area (Å²) in [6, 6.07) is -0.00380. The standard InChI is InChI=1S/C9H19NO3/c1-9(12,7-11)6-8-4-2-3-5-10(8)13/h8,11-13H,2-7H2,1H3. The SMILES string of the molecule is CC(O)(CO)CC1CCCCN1O. The normalized spacial score (nSPS) is 30.0. The molecule has 0 radical (unpaired) electrons. The van der Waals surface area contributed by atoms with E-state index >= 15 is 0 Å². The predicted octanol–water partition coefficient (Wildman–Crippen LogP) is 0.363. The van der Waals surface area contributed by atoms with Gasteiger partial charge in [0.05, 0.1) is 12.2 Å². The van der Waals surface area contributed by atoms with Gasteiger partial charge in [-0.3, -0.25) is 0 Å². The molecule has 1 fully saturated rings. The van der Waals surface area contributed by atoms with Crippen molar-refractivity contribution >= 4 is 0 Å². The Kier molecular flexibility index (Phi) is 3.67. The number of nitrogens with zero attached hydrogens (tertiary/aromatic N) is 1. The summed E-state index contributed by atoms with van der Waals surface area (Å²) in [6.07, 6.45) is 3.42. The monoisotopic (exact) mass is 189 g/mol. The molecule has 1 saturated heterocycles. The second kappa shape index (κ2) is 4.37. The summed E-state index contributed by atoms with van der Waals surface area (Å²) in [5.74, 6) is 0. The van der Waals surface area contributed by atoms with Crippen LogP contribution in [0.15, 0.2) is 0 Å². The number of hydrogen-bond donors (Lipinski definition) is 3. The van der Waals surface area contributed by atoms with Gasteiger partial charge in [0.25, 0.3) is 0 Å². The highest BCUT2D eigenvalue weighted by atomic mass is 16.5. The second-order valence-corrected chi connectivity index (χ2v) is 4.17. The molecule has 13 heavy (non-hydrogen) atoms. The number of hydrogen-bond acceptors (Lipinski definition) is 4. The Hall–Kier alpha value is -0.160. The second-order valence-electron chi connectivity index (χ2n) is 4.17. The lowest BCUT2D eigenvalue weighted by Crippen LogP contribution is -2.43. The van der Waals surface area contributed by atoms with Crippen molar-refractivity contribution in [2.45, 2.75) is 44.2 Å². The van der Waals surface area contributed by atoms with E-state index in [-0.39, 0.29) is 12.6 Å². The highest BCUT2D eigenvalue weighted by Crippen LogP contribution is 2.22. The van der Waals surface area contributed by atoms with E-state index in [9.17, 15) is 10.3 Å².